The van der Waals surface area contributed by atoms with E-state index in [1.54, 1.807) is 13.8 Å². The Labute approximate surface area is 115 Å². The van der Waals surface area contributed by atoms with Crippen molar-refractivity contribution in [2.24, 2.45) is 5.41 Å². The number of carbonyl (C=O) groups is 1. The Bertz CT molecular complexity index is 409. The summed E-state index contributed by atoms with van der Waals surface area (Å²) in [6.45, 7) is 7.26. The molecular formula is C15H25NO3. The molecule has 0 aromatic carbocycles. The van der Waals surface area contributed by atoms with Crippen LogP contribution < -0.4 is 0 Å². The second-order valence-corrected chi connectivity index (χ2v) is 5.90. The average Bonchev–Trinajstić information content (AvgIpc) is 2.70. The lowest BCUT2D eigenvalue weighted by molar-refractivity contribution is -0.147. The van der Waals surface area contributed by atoms with Gasteiger partial charge < -0.3 is 9.52 Å². The summed E-state index contributed by atoms with van der Waals surface area (Å²) in [6.07, 6.45) is 2.66. The standard InChI is InChI=1S/C15H25NO3/c1-12-7-8-13(19-12)11-16(4)10-6-5-9-15(2,3)14(17)18/h7-8H,5-6,9-11H2,1-4H3,(H,17,18). The summed E-state index contributed by atoms with van der Waals surface area (Å²) < 4.78 is 5.53. The Balaban J connectivity index is 2.21. The van der Waals surface area contributed by atoms with Gasteiger partial charge in [-0.15, -0.1) is 0 Å². The normalized spacial score (nSPS) is 12.1. The predicted octanol–water partition coefficient (Wildman–Crippen LogP) is 3.30. The zero-order valence-corrected chi connectivity index (χ0v) is 12.4. The third kappa shape index (κ3) is 5.47. The molecule has 4 heteroatoms. The molecule has 0 unspecified atom stereocenters. The van der Waals surface area contributed by atoms with E-state index in [9.17, 15) is 4.79 Å². The summed E-state index contributed by atoms with van der Waals surface area (Å²) in [5, 5.41) is 9.02. The molecule has 0 spiro atoms. The van der Waals surface area contributed by atoms with Gasteiger partial charge in [0.1, 0.15) is 11.5 Å². The van der Waals surface area contributed by atoms with Crippen molar-refractivity contribution in [2.45, 2.75) is 46.6 Å². The fraction of sp³-hybridized carbons (Fsp3) is 0.667. The van der Waals surface area contributed by atoms with Crippen LogP contribution in [0.25, 0.3) is 0 Å². The first-order chi connectivity index (χ1) is 8.81. The first-order valence-electron chi connectivity index (χ1n) is 6.78. The molecule has 108 valence electrons. The van der Waals surface area contributed by atoms with E-state index in [4.69, 9.17) is 9.52 Å². The second-order valence-electron chi connectivity index (χ2n) is 5.90. The van der Waals surface area contributed by atoms with Crippen molar-refractivity contribution in [1.29, 1.82) is 0 Å². The average molecular weight is 267 g/mol. The summed E-state index contributed by atoms with van der Waals surface area (Å²) in [5.41, 5.74) is -0.614. The van der Waals surface area contributed by atoms with Crippen LogP contribution in [0.4, 0.5) is 0 Å². The van der Waals surface area contributed by atoms with Gasteiger partial charge in [0.15, 0.2) is 0 Å². The summed E-state index contributed by atoms with van der Waals surface area (Å²) in [7, 11) is 2.06. The van der Waals surface area contributed by atoms with Crippen LogP contribution in [0, 0.1) is 12.3 Å². The van der Waals surface area contributed by atoms with E-state index in [0.29, 0.717) is 0 Å². The number of carboxylic acids is 1. The minimum atomic E-state index is -0.716. The van der Waals surface area contributed by atoms with Crippen molar-refractivity contribution in [3.63, 3.8) is 0 Å². The minimum Gasteiger partial charge on any atom is -0.481 e. The van der Waals surface area contributed by atoms with Crippen molar-refractivity contribution in [2.75, 3.05) is 13.6 Å². The van der Waals surface area contributed by atoms with Crippen molar-refractivity contribution in [3.8, 4) is 0 Å². The molecule has 0 fully saturated rings. The number of rotatable bonds is 8. The number of hydrogen-bond donors (Lipinski definition) is 1. The maximum atomic E-state index is 11.0. The van der Waals surface area contributed by atoms with Crippen molar-refractivity contribution >= 4 is 5.97 Å². The Morgan fingerprint density at radius 1 is 1.37 bits per heavy atom. The number of unbranched alkanes of at least 4 members (excludes halogenated alkanes) is 1. The quantitative estimate of drug-likeness (QED) is 0.734. The smallest absolute Gasteiger partial charge is 0.309 e. The Kier molecular flexibility index (Phi) is 5.60. The van der Waals surface area contributed by atoms with Gasteiger partial charge >= 0.3 is 5.97 Å². The summed E-state index contributed by atoms with van der Waals surface area (Å²) >= 11 is 0. The van der Waals surface area contributed by atoms with E-state index in [0.717, 1.165) is 43.9 Å². The lowest BCUT2D eigenvalue weighted by atomic mass is 9.87. The largest absolute Gasteiger partial charge is 0.481 e. The molecule has 0 aliphatic carbocycles. The summed E-state index contributed by atoms with van der Waals surface area (Å²) in [5.74, 6) is 1.20. The Hall–Kier alpha value is -1.29. The maximum absolute atomic E-state index is 11.0. The predicted molar refractivity (Wildman–Crippen MR) is 75.0 cm³/mol. The Morgan fingerprint density at radius 3 is 2.58 bits per heavy atom. The topological polar surface area (TPSA) is 53.7 Å². The van der Waals surface area contributed by atoms with Crippen molar-refractivity contribution < 1.29 is 14.3 Å². The van der Waals surface area contributed by atoms with Gasteiger partial charge in [0.25, 0.3) is 0 Å². The number of hydrogen-bond acceptors (Lipinski definition) is 3. The van der Waals surface area contributed by atoms with Gasteiger partial charge in [0, 0.05) is 0 Å². The molecule has 1 aromatic heterocycles. The highest BCUT2D eigenvalue weighted by Crippen LogP contribution is 2.23. The van der Waals surface area contributed by atoms with Crippen LogP contribution in [-0.4, -0.2) is 29.6 Å². The van der Waals surface area contributed by atoms with Gasteiger partial charge in [0.05, 0.1) is 12.0 Å². The van der Waals surface area contributed by atoms with Gasteiger partial charge in [-0.2, -0.15) is 0 Å². The molecule has 1 aromatic rings. The molecule has 0 aliphatic heterocycles. The van der Waals surface area contributed by atoms with E-state index in [1.807, 2.05) is 19.1 Å². The van der Waals surface area contributed by atoms with Crippen molar-refractivity contribution in [3.05, 3.63) is 23.7 Å². The third-order valence-electron chi connectivity index (χ3n) is 3.39. The molecule has 0 atom stereocenters. The highest BCUT2D eigenvalue weighted by atomic mass is 16.4. The highest BCUT2D eigenvalue weighted by molar-refractivity contribution is 5.73. The molecule has 1 N–H and O–H groups in total. The number of aryl methyl sites for hydroxylation is 1. The molecule has 0 saturated heterocycles. The van der Waals surface area contributed by atoms with Gasteiger partial charge in [-0.05, 0) is 59.3 Å². The molecule has 0 bridgehead atoms. The van der Waals surface area contributed by atoms with E-state index >= 15 is 0 Å². The highest BCUT2D eigenvalue weighted by Gasteiger charge is 2.25. The maximum Gasteiger partial charge on any atom is 0.309 e. The number of carboxylic acid groups (broad SMARTS) is 1. The lowest BCUT2D eigenvalue weighted by Crippen LogP contribution is -2.24. The second kappa shape index (κ2) is 6.75. The van der Waals surface area contributed by atoms with E-state index in [2.05, 4.69) is 11.9 Å². The molecular weight excluding hydrogens is 242 g/mol. The van der Waals surface area contributed by atoms with E-state index in [-0.39, 0.29) is 0 Å². The molecule has 19 heavy (non-hydrogen) atoms. The zero-order valence-electron chi connectivity index (χ0n) is 12.4. The van der Waals surface area contributed by atoms with Gasteiger partial charge in [-0.25, -0.2) is 0 Å². The first kappa shape index (κ1) is 15.8. The van der Waals surface area contributed by atoms with Crippen LogP contribution >= 0.6 is 0 Å². The lowest BCUT2D eigenvalue weighted by Gasteiger charge is -2.20. The third-order valence-corrected chi connectivity index (χ3v) is 3.39. The molecule has 0 aliphatic rings. The number of nitrogens with zero attached hydrogens (tertiary/aromatic N) is 1. The van der Waals surface area contributed by atoms with Gasteiger partial charge in [0.2, 0.25) is 0 Å². The van der Waals surface area contributed by atoms with Crippen LogP contribution in [-0.2, 0) is 11.3 Å². The number of furan rings is 1. The van der Waals surface area contributed by atoms with Crippen LogP contribution in [0.5, 0.6) is 0 Å². The van der Waals surface area contributed by atoms with E-state index in [1.165, 1.54) is 0 Å². The van der Waals surface area contributed by atoms with Crippen LogP contribution in [0.3, 0.4) is 0 Å². The fourth-order valence-corrected chi connectivity index (χ4v) is 1.97. The molecule has 1 heterocycles. The van der Waals surface area contributed by atoms with Crippen LogP contribution in [0.15, 0.2) is 16.5 Å². The molecule has 0 saturated carbocycles. The van der Waals surface area contributed by atoms with Crippen molar-refractivity contribution in [1.82, 2.24) is 4.90 Å². The molecule has 1 rings (SSSR count). The fourth-order valence-electron chi connectivity index (χ4n) is 1.97. The van der Waals surface area contributed by atoms with Gasteiger partial charge in [-0.1, -0.05) is 6.42 Å². The zero-order chi connectivity index (χ0) is 14.5. The summed E-state index contributed by atoms with van der Waals surface area (Å²) in [4.78, 5) is 13.2. The first-order valence-corrected chi connectivity index (χ1v) is 6.78. The molecule has 0 radical (unpaired) electrons. The summed E-state index contributed by atoms with van der Waals surface area (Å²) in [6, 6.07) is 3.97. The molecule has 4 nitrogen and oxygen atoms in total. The van der Waals surface area contributed by atoms with Crippen LogP contribution in [0.2, 0.25) is 0 Å². The molecule has 0 amide bonds. The van der Waals surface area contributed by atoms with Crippen LogP contribution in [0.1, 0.15) is 44.6 Å². The van der Waals surface area contributed by atoms with E-state index < -0.39 is 11.4 Å². The van der Waals surface area contributed by atoms with Gasteiger partial charge in [-0.3, -0.25) is 9.69 Å². The monoisotopic (exact) mass is 267 g/mol. The Morgan fingerprint density at radius 2 is 2.05 bits per heavy atom. The SMILES string of the molecule is Cc1ccc(CN(C)CCCCC(C)(C)C(=O)O)o1. The minimum absolute atomic E-state index is 0.614. The number of aliphatic carboxylic acids is 1.